The van der Waals surface area contributed by atoms with Gasteiger partial charge in [-0.25, -0.2) is 0 Å². The number of nitrogens with one attached hydrogen (secondary N) is 1. The second-order valence-electron chi connectivity index (χ2n) is 6.09. The summed E-state index contributed by atoms with van der Waals surface area (Å²) in [6, 6.07) is 8.48. The van der Waals surface area contributed by atoms with Gasteiger partial charge in [0.1, 0.15) is 0 Å². The Hall–Kier alpha value is -1.00. The maximum absolute atomic E-state index is 11.8. The Labute approximate surface area is 138 Å². The number of carbonyl (C=O) groups is 1. The molecular weight excluding hydrogens is 292 g/mol. The van der Waals surface area contributed by atoms with E-state index in [0.29, 0.717) is 5.75 Å². The van der Waals surface area contributed by atoms with Crippen LogP contribution in [0.3, 0.4) is 0 Å². The Kier molecular flexibility index (Phi) is 7.81. The fourth-order valence-corrected chi connectivity index (χ4v) is 3.63. The van der Waals surface area contributed by atoms with E-state index in [4.69, 9.17) is 0 Å². The smallest absolute Gasteiger partial charge is 0.230 e. The lowest BCUT2D eigenvalue weighted by atomic mass is 10.1. The fourth-order valence-electron chi connectivity index (χ4n) is 2.83. The van der Waals surface area contributed by atoms with Crippen molar-refractivity contribution in [3.8, 4) is 0 Å². The molecule has 1 fully saturated rings. The zero-order valence-corrected chi connectivity index (χ0v) is 14.5. The molecule has 0 atom stereocenters. The van der Waals surface area contributed by atoms with E-state index in [1.165, 1.54) is 43.5 Å². The number of nitrogens with zero attached hydrogens (tertiary/aromatic N) is 1. The topological polar surface area (TPSA) is 32.3 Å². The summed E-state index contributed by atoms with van der Waals surface area (Å²) in [7, 11) is 0. The van der Waals surface area contributed by atoms with Crippen molar-refractivity contribution in [1.82, 2.24) is 10.2 Å². The number of benzene rings is 1. The predicted octanol–water partition coefficient (Wildman–Crippen LogP) is 3.22. The molecule has 0 unspecified atom stereocenters. The van der Waals surface area contributed by atoms with Crippen molar-refractivity contribution in [3.05, 3.63) is 35.4 Å². The van der Waals surface area contributed by atoms with Crippen LogP contribution in [0.25, 0.3) is 0 Å². The number of hydrogen-bond acceptors (Lipinski definition) is 3. The molecule has 0 saturated carbocycles. The van der Waals surface area contributed by atoms with E-state index in [0.717, 1.165) is 25.3 Å². The van der Waals surface area contributed by atoms with E-state index in [-0.39, 0.29) is 5.91 Å². The molecule has 2 rings (SSSR count). The van der Waals surface area contributed by atoms with Crippen LogP contribution in [0.2, 0.25) is 0 Å². The van der Waals surface area contributed by atoms with E-state index in [2.05, 4.69) is 41.4 Å². The fraction of sp³-hybridized carbons (Fsp3) is 0.611. The molecule has 1 aromatic rings. The van der Waals surface area contributed by atoms with Gasteiger partial charge in [0.25, 0.3) is 0 Å². The summed E-state index contributed by atoms with van der Waals surface area (Å²) < 4.78 is 0. The average molecular weight is 321 g/mol. The number of likely N-dealkylation sites (tertiary alicyclic amines) is 1. The molecule has 0 aliphatic carbocycles. The Balaban J connectivity index is 1.50. The minimum absolute atomic E-state index is 0.163. The van der Waals surface area contributed by atoms with E-state index in [1.54, 1.807) is 11.8 Å². The van der Waals surface area contributed by atoms with Gasteiger partial charge in [0.15, 0.2) is 0 Å². The van der Waals surface area contributed by atoms with Crippen LogP contribution >= 0.6 is 11.8 Å². The Morgan fingerprint density at radius 3 is 2.86 bits per heavy atom. The van der Waals surface area contributed by atoms with Crippen LogP contribution < -0.4 is 5.32 Å². The SMILES string of the molecule is Cc1cccc(CSCC(=O)NCCCN2CCCCC2)c1. The molecule has 0 spiro atoms. The monoisotopic (exact) mass is 320 g/mol. The van der Waals surface area contributed by atoms with Gasteiger partial charge in [0, 0.05) is 12.3 Å². The van der Waals surface area contributed by atoms with Crippen molar-refractivity contribution < 1.29 is 4.79 Å². The van der Waals surface area contributed by atoms with Gasteiger partial charge in [-0.1, -0.05) is 36.2 Å². The highest BCUT2D eigenvalue weighted by Gasteiger charge is 2.09. The summed E-state index contributed by atoms with van der Waals surface area (Å²) in [6.45, 7) is 6.50. The van der Waals surface area contributed by atoms with E-state index in [9.17, 15) is 4.79 Å². The molecule has 4 heteroatoms. The highest BCUT2D eigenvalue weighted by atomic mass is 32.2. The molecule has 22 heavy (non-hydrogen) atoms. The van der Waals surface area contributed by atoms with Gasteiger partial charge in [0.05, 0.1) is 5.75 Å². The van der Waals surface area contributed by atoms with Gasteiger partial charge in [-0.15, -0.1) is 11.8 Å². The molecule has 122 valence electrons. The summed E-state index contributed by atoms with van der Waals surface area (Å²) in [5.74, 6) is 1.62. The van der Waals surface area contributed by atoms with Crippen LogP contribution in [0.5, 0.6) is 0 Å². The lowest BCUT2D eigenvalue weighted by molar-refractivity contribution is -0.118. The third-order valence-corrected chi connectivity index (χ3v) is 5.01. The summed E-state index contributed by atoms with van der Waals surface area (Å²) >= 11 is 1.69. The van der Waals surface area contributed by atoms with E-state index >= 15 is 0 Å². The summed E-state index contributed by atoms with van der Waals surface area (Å²) in [5, 5.41) is 3.03. The quantitative estimate of drug-likeness (QED) is 0.747. The first-order valence-corrected chi connectivity index (χ1v) is 9.52. The molecule has 1 N–H and O–H groups in total. The summed E-state index contributed by atoms with van der Waals surface area (Å²) in [5.41, 5.74) is 2.57. The first-order chi connectivity index (χ1) is 10.7. The molecule has 3 nitrogen and oxygen atoms in total. The van der Waals surface area contributed by atoms with Crippen molar-refractivity contribution in [1.29, 1.82) is 0 Å². The zero-order chi connectivity index (χ0) is 15.6. The second-order valence-corrected chi connectivity index (χ2v) is 7.07. The number of piperidine rings is 1. The number of amides is 1. The zero-order valence-electron chi connectivity index (χ0n) is 13.6. The van der Waals surface area contributed by atoms with Crippen LogP contribution in [-0.2, 0) is 10.5 Å². The molecule has 0 radical (unpaired) electrons. The van der Waals surface area contributed by atoms with Crippen LogP contribution in [0.15, 0.2) is 24.3 Å². The van der Waals surface area contributed by atoms with Crippen LogP contribution in [0, 0.1) is 6.92 Å². The van der Waals surface area contributed by atoms with E-state index < -0.39 is 0 Å². The number of thioether (sulfide) groups is 1. The molecular formula is C18H28N2OS. The Bertz CT molecular complexity index is 458. The minimum Gasteiger partial charge on any atom is -0.355 e. The van der Waals surface area contributed by atoms with Gasteiger partial charge >= 0.3 is 0 Å². The molecule has 1 aliphatic heterocycles. The molecule has 1 saturated heterocycles. The third kappa shape index (κ3) is 6.84. The summed E-state index contributed by atoms with van der Waals surface area (Å²) in [4.78, 5) is 14.3. The minimum atomic E-state index is 0.163. The van der Waals surface area contributed by atoms with Crippen LogP contribution in [0.1, 0.15) is 36.8 Å². The number of carbonyl (C=O) groups excluding carboxylic acids is 1. The lowest BCUT2D eigenvalue weighted by Crippen LogP contribution is -2.33. The first kappa shape index (κ1) is 17.4. The van der Waals surface area contributed by atoms with Crippen molar-refractivity contribution in [2.45, 2.75) is 38.4 Å². The summed E-state index contributed by atoms with van der Waals surface area (Å²) in [6.07, 6.45) is 5.11. The Morgan fingerprint density at radius 1 is 1.27 bits per heavy atom. The number of rotatable bonds is 8. The molecule has 1 heterocycles. The average Bonchev–Trinajstić information content (AvgIpc) is 2.53. The first-order valence-electron chi connectivity index (χ1n) is 8.36. The normalized spacial score (nSPS) is 15.7. The van der Waals surface area contributed by atoms with Crippen molar-refractivity contribution >= 4 is 17.7 Å². The molecule has 1 aliphatic rings. The predicted molar refractivity (Wildman–Crippen MR) is 95.3 cm³/mol. The third-order valence-electron chi connectivity index (χ3n) is 4.01. The molecule has 1 amide bonds. The van der Waals surface area contributed by atoms with Crippen LogP contribution in [0.4, 0.5) is 0 Å². The van der Waals surface area contributed by atoms with Gasteiger partial charge in [-0.2, -0.15) is 0 Å². The molecule has 1 aromatic carbocycles. The van der Waals surface area contributed by atoms with Crippen molar-refractivity contribution in [2.24, 2.45) is 0 Å². The van der Waals surface area contributed by atoms with Crippen molar-refractivity contribution in [3.63, 3.8) is 0 Å². The lowest BCUT2D eigenvalue weighted by Gasteiger charge is -2.26. The number of aryl methyl sites for hydroxylation is 1. The van der Waals surface area contributed by atoms with Gasteiger partial charge in [-0.05, 0) is 51.4 Å². The maximum Gasteiger partial charge on any atom is 0.230 e. The Morgan fingerprint density at radius 2 is 2.09 bits per heavy atom. The van der Waals surface area contributed by atoms with Crippen LogP contribution in [-0.4, -0.2) is 42.7 Å². The second kappa shape index (κ2) is 9.90. The van der Waals surface area contributed by atoms with Gasteiger partial charge in [-0.3, -0.25) is 4.79 Å². The highest BCUT2D eigenvalue weighted by molar-refractivity contribution is 7.99. The largest absolute Gasteiger partial charge is 0.355 e. The number of hydrogen-bond donors (Lipinski definition) is 1. The maximum atomic E-state index is 11.8. The van der Waals surface area contributed by atoms with Gasteiger partial charge < -0.3 is 10.2 Å². The molecule has 0 bridgehead atoms. The molecule has 0 aromatic heterocycles. The highest BCUT2D eigenvalue weighted by Crippen LogP contribution is 2.13. The van der Waals surface area contributed by atoms with E-state index in [1.807, 2.05) is 0 Å². The standard InChI is InChI=1S/C18H28N2OS/c1-16-7-5-8-17(13-16)14-22-15-18(21)19-9-6-12-20-10-3-2-4-11-20/h5,7-8,13H,2-4,6,9-12,14-15H2,1H3,(H,19,21). The van der Waals surface area contributed by atoms with Crippen molar-refractivity contribution in [2.75, 3.05) is 31.9 Å². The van der Waals surface area contributed by atoms with Gasteiger partial charge in [0.2, 0.25) is 5.91 Å².